The van der Waals surface area contributed by atoms with Crippen LogP contribution < -0.4 is 5.32 Å². The van der Waals surface area contributed by atoms with Crippen molar-refractivity contribution in [3.63, 3.8) is 0 Å². The Kier molecular flexibility index (Phi) is 5.98. The standard InChI is InChI=1S/C17H17ClN2O2/c1-2-13-5-9-16(10-6-13)20-17(21)12-22-19-11-14-3-7-15(18)8-4-14/h3-11H,2,12H2,1H3,(H,20,21)/b19-11-. The zero-order valence-corrected chi connectivity index (χ0v) is 13.0. The number of carbonyl (C=O) groups excluding carboxylic acids is 1. The summed E-state index contributed by atoms with van der Waals surface area (Å²) in [5, 5.41) is 7.15. The summed E-state index contributed by atoms with van der Waals surface area (Å²) in [5.74, 6) is -0.252. The highest BCUT2D eigenvalue weighted by molar-refractivity contribution is 6.30. The molecule has 114 valence electrons. The molecule has 1 amide bonds. The number of nitrogens with one attached hydrogen (secondary N) is 1. The molecule has 0 aromatic heterocycles. The number of amides is 1. The Labute approximate surface area is 134 Å². The Morgan fingerprint density at radius 1 is 1.18 bits per heavy atom. The van der Waals surface area contributed by atoms with Crippen LogP contribution in [0.4, 0.5) is 5.69 Å². The van der Waals surface area contributed by atoms with Crippen molar-refractivity contribution in [2.24, 2.45) is 5.16 Å². The molecule has 0 unspecified atom stereocenters. The molecule has 0 aliphatic heterocycles. The van der Waals surface area contributed by atoms with Crippen molar-refractivity contribution in [2.75, 3.05) is 11.9 Å². The van der Waals surface area contributed by atoms with Gasteiger partial charge in [-0.25, -0.2) is 0 Å². The first-order valence-electron chi connectivity index (χ1n) is 6.97. The van der Waals surface area contributed by atoms with Gasteiger partial charge in [0.05, 0.1) is 6.21 Å². The summed E-state index contributed by atoms with van der Waals surface area (Å²) in [6.07, 6.45) is 2.50. The molecule has 0 saturated heterocycles. The zero-order valence-electron chi connectivity index (χ0n) is 12.3. The van der Waals surface area contributed by atoms with E-state index in [0.29, 0.717) is 5.02 Å². The van der Waals surface area contributed by atoms with Crippen molar-refractivity contribution >= 4 is 29.4 Å². The lowest BCUT2D eigenvalue weighted by Gasteiger charge is -2.05. The van der Waals surface area contributed by atoms with E-state index >= 15 is 0 Å². The Morgan fingerprint density at radius 2 is 1.86 bits per heavy atom. The SMILES string of the molecule is CCc1ccc(NC(=O)CO/N=C\c2ccc(Cl)cc2)cc1. The second-order valence-electron chi connectivity index (χ2n) is 4.66. The van der Waals surface area contributed by atoms with Crippen LogP contribution >= 0.6 is 11.6 Å². The van der Waals surface area contributed by atoms with Gasteiger partial charge in [0.15, 0.2) is 6.61 Å². The fourth-order valence-corrected chi connectivity index (χ4v) is 1.89. The lowest BCUT2D eigenvalue weighted by molar-refractivity contribution is -0.120. The molecule has 0 atom stereocenters. The second-order valence-corrected chi connectivity index (χ2v) is 5.09. The number of nitrogens with zero attached hydrogens (tertiary/aromatic N) is 1. The molecule has 2 rings (SSSR count). The quantitative estimate of drug-likeness (QED) is 0.649. The topological polar surface area (TPSA) is 50.7 Å². The molecule has 5 heteroatoms. The Bertz CT molecular complexity index is 637. The molecule has 0 aliphatic carbocycles. The van der Waals surface area contributed by atoms with Crippen LogP contribution in [0.1, 0.15) is 18.1 Å². The number of rotatable bonds is 6. The lowest BCUT2D eigenvalue weighted by Crippen LogP contribution is -2.16. The van der Waals surface area contributed by atoms with E-state index in [9.17, 15) is 4.79 Å². The van der Waals surface area contributed by atoms with E-state index in [2.05, 4.69) is 17.4 Å². The highest BCUT2D eigenvalue weighted by Gasteiger charge is 2.02. The summed E-state index contributed by atoms with van der Waals surface area (Å²) >= 11 is 5.78. The molecule has 0 bridgehead atoms. The van der Waals surface area contributed by atoms with Gasteiger partial charge in [0, 0.05) is 10.7 Å². The highest BCUT2D eigenvalue weighted by atomic mass is 35.5. The third-order valence-electron chi connectivity index (χ3n) is 2.99. The van der Waals surface area contributed by atoms with Gasteiger partial charge in [0.2, 0.25) is 0 Å². The van der Waals surface area contributed by atoms with Gasteiger partial charge in [-0.05, 0) is 41.8 Å². The van der Waals surface area contributed by atoms with Gasteiger partial charge in [-0.15, -0.1) is 0 Å². The molecule has 0 spiro atoms. The van der Waals surface area contributed by atoms with Gasteiger partial charge in [-0.2, -0.15) is 0 Å². The van der Waals surface area contributed by atoms with Crippen molar-refractivity contribution in [1.29, 1.82) is 0 Å². The Balaban J connectivity index is 1.76. The van der Waals surface area contributed by atoms with E-state index in [-0.39, 0.29) is 12.5 Å². The smallest absolute Gasteiger partial charge is 0.265 e. The van der Waals surface area contributed by atoms with Gasteiger partial charge < -0.3 is 10.2 Å². The minimum atomic E-state index is -0.252. The predicted molar refractivity (Wildman–Crippen MR) is 89.4 cm³/mol. The first-order chi connectivity index (χ1) is 10.7. The van der Waals surface area contributed by atoms with E-state index in [1.54, 1.807) is 12.1 Å². The molecule has 0 heterocycles. The van der Waals surface area contributed by atoms with Crippen LogP contribution in [-0.4, -0.2) is 18.7 Å². The van der Waals surface area contributed by atoms with Crippen LogP contribution in [0, 0.1) is 0 Å². The summed E-state index contributed by atoms with van der Waals surface area (Å²) < 4.78 is 0. The van der Waals surface area contributed by atoms with E-state index in [1.165, 1.54) is 11.8 Å². The maximum Gasteiger partial charge on any atom is 0.265 e. The molecule has 2 aromatic carbocycles. The van der Waals surface area contributed by atoms with Crippen molar-refractivity contribution in [3.05, 3.63) is 64.7 Å². The average molecular weight is 317 g/mol. The summed E-state index contributed by atoms with van der Waals surface area (Å²) in [7, 11) is 0. The maximum atomic E-state index is 11.7. The van der Waals surface area contributed by atoms with Crippen LogP contribution in [0.25, 0.3) is 0 Å². The molecule has 0 aliphatic rings. The molecular formula is C17H17ClN2O2. The van der Waals surface area contributed by atoms with Crippen LogP contribution in [0.15, 0.2) is 53.7 Å². The first-order valence-corrected chi connectivity index (χ1v) is 7.35. The number of hydrogen-bond acceptors (Lipinski definition) is 3. The van der Waals surface area contributed by atoms with Gasteiger partial charge >= 0.3 is 0 Å². The minimum Gasteiger partial charge on any atom is -0.386 e. The van der Waals surface area contributed by atoms with Gasteiger partial charge in [-0.1, -0.05) is 47.9 Å². The fraction of sp³-hybridized carbons (Fsp3) is 0.176. The number of oxime groups is 1. The fourth-order valence-electron chi connectivity index (χ4n) is 1.76. The van der Waals surface area contributed by atoms with E-state index in [4.69, 9.17) is 16.4 Å². The normalized spacial score (nSPS) is 10.6. The Morgan fingerprint density at radius 3 is 2.50 bits per heavy atom. The number of halogens is 1. The monoisotopic (exact) mass is 316 g/mol. The average Bonchev–Trinajstić information content (AvgIpc) is 2.54. The number of aryl methyl sites for hydroxylation is 1. The van der Waals surface area contributed by atoms with Gasteiger partial charge in [0.1, 0.15) is 0 Å². The highest BCUT2D eigenvalue weighted by Crippen LogP contribution is 2.10. The molecule has 0 fully saturated rings. The minimum absolute atomic E-state index is 0.139. The Hall–Kier alpha value is -2.33. The molecule has 1 N–H and O–H groups in total. The largest absolute Gasteiger partial charge is 0.386 e. The van der Waals surface area contributed by atoms with Crippen molar-refractivity contribution in [2.45, 2.75) is 13.3 Å². The number of benzene rings is 2. The maximum absolute atomic E-state index is 11.7. The third-order valence-corrected chi connectivity index (χ3v) is 3.24. The molecular weight excluding hydrogens is 300 g/mol. The summed E-state index contributed by atoms with van der Waals surface area (Å²) in [6.45, 7) is 1.94. The lowest BCUT2D eigenvalue weighted by atomic mass is 10.1. The number of hydrogen-bond donors (Lipinski definition) is 1. The third kappa shape index (κ3) is 5.22. The second kappa shape index (κ2) is 8.20. The first kappa shape index (κ1) is 16.0. The van der Waals surface area contributed by atoms with E-state index in [1.807, 2.05) is 36.4 Å². The van der Waals surface area contributed by atoms with Crippen LogP contribution in [0.2, 0.25) is 5.02 Å². The van der Waals surface area contributed by atoms with Crippen molar-refractivity contribution < 1.29 is 9.63 Å². The van der Waals surface area contributed by atoms with Gasteiger partial charge in [0.25, 0.3) is 5.91 Å². The summed E-state index contributed by atoms with van der Waals surface area (Å²) in [6, 6.07) is 14.8. The van der Waals surface area contributed by atoms with Crippen LogP contribution in [-0.2, 0) is 16.1 Å². The van der Waals surface area contributed by atoms with Gasteiger partial charge in [-0.3, -0.25) is 4.79 Å². The predicted octanol–water partition coefficient (Wildman–Crippen LogP) is 3.89. The van der Waals surface area contributed by atoms with E-state index < -0.39 is 0 Å². The van der Waals surface area contributed by atoms with Crippen molar-refractivity contribution in [3.8, 4) is 0 Å². The molecule has 4 nitrogen and oxygen atoms in total. The molecule has 0 radical (unpaired) electrons. The van der Waals surface area contributed by atoms with Crippen molar-refractivity contribution in [1.82, 2.24) is 0 Å². The summed E-state index contributed by atoms with van der Waals surface area (Å²) in [5.41, 5.74) is 2.81. The van der Waals surface area contributed by atoms with E-state index in [0.717, 1.165) is 17.7 Å². The molecule has 22 heavy (non-hydrogen) atoms. The number of carbonyl (C=O) groups is 1. The van der Waals surface area contributed by atoms with Crippen LogP contribution in [0.3, 0.4) is 0 Å². The zero-order chi connectivity index (χ0) is 15.8. The van der Waals surface area contributed by atoms with Crippen LogP contribution in [0.5, 0.6) is 0 Å². The summed E-state index contributed by atoms with van der Waals surface area (Å²) in [4.78, 5) is 16.7. The number of anilines is 1. The molecule has 2 aromatic rings. The molecule has 0 saturated carbocycles.